The van der Waals surface area contributed by atoms with Crippen LogP contribution in [0.15, 0.2) is 24.3 Å². The molecular formula is C17H21NO. The van der Waals surface area contributed by atoms with Crippen LogP contribution in [-0.4, -0.2) is 10.4 Å². The average Bonchev–Trinajstić information content (AvgIpc) is 2.58. The second kappa shape index (κ2) is 5.04. The van der Waals surface area contributed by atoms with Crippen molar-refractivity contribution >= 4 is 5.78 Å². The van der Waals surface area contributed by atoms with Gasteiger partial charge in [-0.1, -0.05) is 12.1 Å². The van der Waals surface area contributed by atoms with E-state index in [2.05, 4.69) is 56.5 Å². The van der Waals surface area contributed by atoms with E-state index in [1.165, 1.54) is 28.2 Å². The van der Waals surface area contributed by atoms with Crippen molar-refractivity contribution in [2.45, 2.75) is 41.0 Å². The molecule has 0 bridgehead atoms. The number of hydrogen-bond acceptors (Lipinski definition) is 1. The summed E-state index contributed by atoms with van der Waals surface area (Å²) in [6, 6.07) is 8.48. The Morgan fingerprint density at radius 3 is 2.47 bits per heavy atom. The first kappa shape index (κ1) is 13.6. The van der Waals surface area contributed by atoms with Crippen molar-refractivity contribution in [3.63, 3.8) is 0 Å². The van der Waals surface area contributed by atoms with E-state index in [-0.39, 0.29) is 5.78 Å². The smallest absolute Gasteiger partial charge is 0.134 e. The zero-order chi connectivity index (χ0) is 14.2. The number of nitrogens with zero attached hydrogens (tertiary/aromatic N) is 1. The van der Waals surface area contributed by atoms with Gasteiger partial charge in [-0.15, -0.1) is 0 Å². The van der Waals surface area contributed by atoms with Crippen molar-refractivity contribution in [2.75, 3.05) is 0 Å². The summed E-state index contributed by atoms with van der Waals surface area (Å²) in [6.45, 7) is 10.1. The fourth-order valence-electron chi connectivity index (χ4n) is 2.62. The minimum atomic E-state index is 0.209. The Bertz CT molecular complexity index is 635. The molecule has 0 amide bonds. The molecular weight excluding hydrogens is 234 g/mol. The highest BCUT2D eigenvalue weighted by Gasteiger charge is 2.13. The van der Waals surface area contributed by atoms with Gasteiger partial charge in [-0.25, -0.2) is 0 Å². The number of rotatable bonds is 3. The molecule has 0 aliphatic carbocycles. The lowest BCUT2D eigenvalue weighted by atomic mass is 10.1. The molecule has 19 heavy (non-hydrogen) atoms. The van der Waals surface area contributed by atoms with Crippen molar-refractivity contribution in [1.82, 2.24) is 4.57 Å². The molecule has 0 aliphatic rings. The maximum atomic E-state index is 11.3. The first-order valence-corrected chi connectivity index (χ1v) is 6.65. The summed E-state index contributed by atoms with van der Waals surface area (Å²) < 4.78 is 2.25. The predicted molar refractivity (Wildman–Crippen MR) is 79.1 cm³/mol. The van der Waals surface area contributed by atoms with E-state index in [1.807, 2.05) is 0 Å². The molecule has 100 valence electrons. The van der Waals surface area contributed by atoms with Crippen LogP contribution in [0.1, 0.15) is 35.0 Å². The lowest BCUT2D eigenvalue weighted by molar-refractivity contribution is -0.116. The summed E-state index contributed by atoms with van der Waals surface area (Å²) in [6.07, 6.45) is 0.518. The summed E-state index contributed by atoms with van der Waals surface area (Å²) in [5.41, 5.74) is 7.27. The van der Waals surface area contributed by atoms with Gasteiger partial charge in [0.15, 0.2) is 0 Å². The monoisotopic (exact) mass is 255 g/mol. The summed E-state index contributed by atoms with van der Waals surface area (Å²) in [5, 5.41) is 0. The number of benzene rings is 1. The number of carbonyl (C=O) groups excluding carboxylic acids is 1. The molecule has 0 unspecified atom stereocenters. The summed E-state index contributed by atoms with van der Waals surface area (Å²) >= 11 is 0. The van der Waals surface area contributed by atoms with E-state index in [4.69, 9.17) is 0 Å². The Balaban J connectivity index is 2.60. The van der Waals surface area contributed by atoms with Crippen LogP contribution >= 0.6 is 0 Å². The van der Waals surface area contributed by atoms with Gasteiger partial charge < -0.3 is 4.57 Å². The summed E-state index contributed by atoms with van der Waals surface area (Å²) in [4.78, 5) is 11.3. The molecule has 1 aromatic heterocycles. The van der Waals surface area contributed by atoms with Crippen molar-refractivity contribution < 1.29 is 4.79 Å². The van der Waals surface area contributed by atoms with Gasteiger partial charge >= 0.3 is 0 Å². The van der Waals surface area contributed by atoms with Crippen molar-refractivity contribution in [3.8, 4) is 5.69 Å². The maximum Gasteiger partial charge on any atom is 0.134 e. The molecule has 2 rings (SSSR count). The Kier molecular flexibility index (Phi) is 3.61. The van der Waals surface area contributed by atoms with E-state index < -0.39 is 0 Å². The van der Waals surface area contributed by atoms with E-state index >= 15 is 0 Å². The van der Waals surface area contributed by atoms with Crippen molar-refractivity contribution in [1.29, 1.82) is 0 Å². The van der Waals surface area contributed by atoms with E-state index in [1.54, 1.807) is 6.92 Å². The molecule has 0 atom stereocenters. The topological polar surface area (TPSA) is 22.0 Å². The number of hydrogen-bond donors (Lipinski definition) is 0. The lowest BCUT2D eigenvalue weighted by Crippen LogP contribution is -2.04. The van der Waals surface area contributed by atoms with Gasteiger partial charge in [0.2, 0.25) is 0 Å². The SMILES string of the molecule is CC(=O)Cc1cc(C)n(-c2cccc(C)c2C)c1C. The zero-order valence-corrected chi connectivity index (χ0v) is 12.4. The molecule has 1 aromatic carbocycles. The van der Waals surface area contributed by atoms with Gasteiger partial charge in [-0.3, -0.25) is 4.79 Å². The first-order valence-electron chi connectivity index (χ1n) is 6.65. The number of ketones is 1. The Morgan fingerprint density at radius 2 is 1.84 bits per heavy atom. The molecule has 0 fully saturated rings. The lowest BCUT2D eigenvalue weighted by Gasteiger charge is -2.14. The van der Waals surface area contributed by atoms with Crippen LogP contribution in [0.2, 0.25) is 0 Å². The third kappa shape index (κ3) is 2.48. The standard InChI is InChI=1S/C17H21NO/c1-11-7-6-8-17(14(11)4)18-12(2)9-16(15(18)5)10-13(3)19/h6-9H,10H2,1-5H3. The zero-order valence-electron chi connectivity index (χ0n) is 12.4. The first-order chi connectivity index (χ1) is 8.91. The normalized spacial score (nSPS) is 10.8. The van der Waals surface area contributed by atoms with Gasteiger partial charge in [-0.2, -0.15) is 0 Å². The van der Waals surface area contributed by atoms with Crippen LogP contribution in [0.3, 0.4) is 0 Å². The molecule has 0 radical (unpaired) electrons. The van der Waals surface area contributed by atoms with Crippen LogP contribution in [0.5, 0.6) is 0 Å². The van der Waals surface area contributed by atoms with Gasteiger partial charge in [-0.05, 0) is 63.4 Å². The molecule has 0 N–H and O–H groups in total. The largest absolute Gasteiger partial charge is 0.318 e. The molecule has 2 aromatic rings. The van der Waals surface area contributed by atoms with E-state index in [0.29, 0.717) is 6.42 Å². The number of carbonyl (C=O) groups is 1. The van der Waals surface area contributed by atoms with Crippen LogP contribution in [0, 0.1) is 27.7 Å². The molecule has 0 aliphatic heterocycles. The fraction of sp³-hybridized carbons (Fsp3) is 0.353. The minimum absolute atomic E-state index is 0.209. The van der Waals surface area contributed by atoms with Crippen LogP contribution in [-0.2, 0) is 11.2 Å². The highest BCUT2D eigenvalue weighted by molar-refractivity contribution is 5.78. The molecule has 0 saturated heterocycles. The molecule has 2 heteroatoms. The Hall–Kier alpha value is -1.83. The number of aromatic nitrogens is 1. The second-order valence-electron chi connectivity index (χ2n) is 5.33. The third-order valence-corrected chi connectivity index (χ3v) is 3.79. The van der Waals surface area contributed by atoms with Gasteiger partial charge in [0.1, 0.15) is 5.78 Å². The highest BCUT2D eigenvalue weighted by Crippen LogP contribution is 2.25. The molecule has 1 heterocycles. The van der Waals surface area contributed by atoms with Crippen LogP contribution < -0.4 is 0 Å². The van der Waals surface area contributed by atoms with Gasteiger partial charge in [0.05, 0.1) is 0 Å². The van der Waals surface area contributed by atoms with Crippen molar-refractivity contribution in [2.24, 2.45) is 0 Å². The van der Waals surface area contributed by atoms with E-state index in [9.17, 15) is 4.79 Å². The van der Waals surface area contributed by atoms with Gasteiger partial charge in [0, 0.05) is 23.5 Å². The molecule has 0 spiro atoms. The molecule has 0 saturated carbocycles. The Labute approximate surface area is 115 Å². The third-order valence-electron chi connectivity index (χ3n) is 3.79. The van der Waals surface area contributed by atoms with Gasteiger partial charge in [0.25, 0.3) is 0 Å². The van der Waals surface area contributed by atoms with Crippen molar-refractivity contribution in [3.05, 3.63) is 52.3 Å². The quantitative estimate of drug-likeness (QED) is 0.816. The predicted octanol–water partition coefficient (Wildman–Crippen LogP) is 3.84. The second-order valence-corrected chi connectivity index (χ2v) is 5.33. The minimum Gasteiger partial charge on any atom is -0.318 e. The fourth-order valence-corrected chi connectivity index (χ4v) is 2.62. The van der Waals surface area contributed by atoms with Crippen LogP contribution in [0.25, 0.3) is 5.69 Å². The van der Waals surface area contributed by atoms with E-state index in [0.717, 1.165) is 5.56 Å². The Morgan fingerprint density at radius 1 is 1.16 bits per heavy atom. The summed E-state index contributed by atoms with van der Waals surface area (Å²) in [5.74, 6) is 0.209. The van der Waals surface area contributed by atoms with Crippen LogP contribution in [0.4, 0.5) is 0 Å². The number of Topliss-reactive ketones (excluding diaryl/α,β-unsaturated/α-hetero) is 1. The highest BCUT2D eigenvalue weighted by atomic mass is 16.1. The molecule has 2 nitrogen and oxygen atoms in total. The average molecular weight is 255 g/mol. The maximum absolute atomic E-state index is 11.3. The number of aryl methyl sites for hydroxylation is 2. The summed E-state index contributed by atoms with van der Waals surface area (Å²) in [7, 11) is 0.